The topological polar surface area (TPSA) is 72.7 Å². The van der Waals surface area contributed by atoms with Crippen LogP contribution in [0.3, 0.4) is 0 Å². The summed E-state index contributed by atoms with van der Waals surface area (Å²) in [6.07, 6.45) is 3.94. The number of benzene rings is 1. The first kappa shape index (κ1) is 19.6. The Morgan fingerprint density at radius 1 is 1.00 bits per heavy atom. The third-order valence-electron chi connectivity index (χ3n) is 4.68. The SMILES string of the molecule is O=C(CCc1nc2cccnc2n1Cc1ccc(F)c(F)c1)NCc1ccccn1. The number of hydrogen-bond donors (Lipinski definition) is 1. The largest absolute Gasteiger partial charge is 0.350 e. The minimum atomic E-state index is -0.902. The van der Waals surface area contributed by atoms with E-state index < -0.39 is 11.6 Å². The lowest BCUT2D eigenvalue weighted by atomic mass is 10.2. The molecule has 0 bridgehead atoms. The molecule has 1 amide bonds. The summed E-state index contributed by atoms with van der Waals surface area (Å²) in [5.41, 5.74) is 2.68. The van der Waals surface area contributed by atoms with Crippen molar-refractivity contribution in [3.05, 3.63) is 89.6 Å². The van der Waals surface area contributed by atoms with Crippen molar-refractivity contribution < 1.29 is 13.6 Å². The summed E-state index contributed by atoms with van der Waals surface area (Å²) in [7, 11) is 0. The minimum absolute atomic E-state index is 0.125. The average Bonchev–Trinajstić information content (AvgIpc) is 3.11. The van der Waals surface area contributed by atoms with Crippen LogP contribution in [0, 0.1) is 11.6 Å². The summed E-state index contributed by atoms with van der Waals surface area (Å²) in [5.74, 6) is -1.26. The molecule has 8 heteroatoms. The van der Waals surface area contributed by atoms with Gasteiger partial charge in [0.25, 0.3) is 0 Å². The quantitative estimate of drug-likeness (QED) is 0.510. The number of aryl methyl sites for hydroxylation is 1. The van der Waals surface area contributed by atoms with Crippen molar-refractivity contribution in [2.75, 3.05) is 0 Å². The fourth-order valence-electron chi connectivity index (χ4n) is 3.19. The molecule has 0 atom stereocenters. The smallest absolute Gasteiger partial charge is 0.220 e. The summed E-state index contributed by atoms with van der Waals surface area (Å²) in [6.45, 7) is 0.627. The van der Waals surface area contributed by atoms with Crippen molar-refractivity contribution in [1.29, 1.82) is 0 Å². The maximum absolute atomic E-state index is 13.6. The van der Waals surface area contributed by atoms with Crippen LogP contribution in [0.4, 0.5) is 8.78 Å². The van der Waals surface area contributed by atoms with E-state index in [1.165, 1.54) is 6.07 Å². The summed E-state index contributed by atoms with van der Waals surface area (Å²) in [4.78, 5) is 25.4. The first-order valence-corrected chi connectivity index (χ1v) is 9.51. The zero-order valence-corrected chi connectivity index (χ0v) is 16.1. The lowest BCUT2D eigenvalue weighted by Crippen LogP contribution is -2.24. The van der Waals surface area contributed by atoms with Gasteiger partial charge in [0.1, 0.15) is 11.3 Å². The number of nitrogens with zero attached hydrogens (tertiary/aromatic N) is 4. The van der Waals surface area contributed by atoms with Gasteiger partial charge in [0, 0.05) is 25.2 Å². The molecule has 0 saturated heterocycles. The first-order valence-electron chi connectivity index (χ1n) is 9.51. The molecule has 0 aliphatic carbocycles. The van der Waals surface area contributed by atoms with E-state index in [0.29, 0.717) is 35.5 Å². The Morgan fingerprint density at radius 3 is 2.67 bits per heavy atom. The molecule has 4 aromatic rings. The maximum atomic E-state index is 13.6. The highest BCUT2D eigenvalue weighted by molar-refractivity contribution is 5.76. The van der Waals surface area contributed by atoms with Crippen LogP contribution in [0.2, 0.25) is 0 Å². The number of halogens is 2. The van der Waals surface area contributed by atoms with Gasteiger partial charge in [-0.1, -0.05) is 12.1 Å². The van der Waals surface area contributed by atoms with Gasteiger partial charge in [0.2, 0.25) is 5.91 Å². The lowest BCUT2D eigenvalue weighted by Gasteiger charge is -2.10. The van der Waals surface area contributed by atoms with Crippen molar-refractivity contribution >= 4 is 17.1 Å². The summed E-state index contributed by atoms with van der Waals surface area (Å²) < 4.78 is 28.7. The predicted molar refractivity (Wildman–Crippen MR) is 107 cm³/mol. The minimum Gasteiger partial charge on any atom is -0.350 e. The van der Waals surface area contributed by atoms with Gasteiger partial charge >= 0.3 is 0 Å². The van der Waals surface area contributed by atoms with Crippen molar-refractivity contribution in [3.8, 4) is 0 Å². The first-order chi connectivity index (χ1) is 14.6. The van der Waals surface area contributed by atoms with Crippen LogP contribution in [-0.4, -0.2) is 25.4 Å². The number of amides is 1. The second-order valence-electron chi connectivity index (χ2n) is 6.81. The van der Waals surface area contributed by atoms with Crippen LogP contribution < -0.4 is 5.32 Å². The number of hydrogen-bond acceptors (Lipinski definition) is 4. The standard InChI is InChI=1S/C22H19F2N5O/c23-17-7-6-15(12-18(17)24)14-29-20(28-19-5-3-11-26-22(19)29)8-9-21(30)27-13-16-4-1-2-10-25-16/h1-7,10-12H,8-9,13-14H2,(H,27,30). The summed E-state index contributed by atoms with van der Waals surface area (Å²) >= 11 is 0. The maximum Gasteiger partial charge on any atom is 0.220 e. The normalized spacial score (nSPS) is 11.0. The van der Waals surface area contributed by atoms with Crippen LogP contribution in [0.25, 0.3) is 11.2 Å². The van der Waals surface area contributed by atoms with Gasteiger partial charge in [-0.3, -0.25) is 9.78 Å². The highest BCUT2D eigenvalue weighted by atomic mass is 19.2. The van der Waals surface area contributed by atoms with Gasteiger partial charge in [0.15, 0.2) is 17.3 Å². The Morgan fingerprint density at radius 2 is 1.87 bits per heavy atom. The second kappa shape index (κ2) is 8.77. The third-order valence-corrected chi connectivity index (χ3v) is 4.68. The van der Waals surface area contributed by atoms with Crippen molar-refractivity contribution in [3.63, 3.8) is 0 Å². The number of nitrogens with one attached hydrogen (secondary N) is 1. The Labute approximate surface area is 171 Å². The summed E-state index contributed by atoms with van der Waals surface area (Å²) in [5, 5.41) is 2.84. The van der Waals surface area contributed by atoms with E-state index in [1.54, 1.807) is 18.5 Å². The molecule has 0 fully saturated rings. The number of rotatable bonds is 7. The van der Waals surface area contributed by atoms with Crippen molar-refractivity contribution in [1.82, 2.24) is 24.8 Å². The molecular weight excluding hydrogens is 388 g/mol. The molecule has 1 aromatic carbocycles. The number of carbonyl (C=O) groups excluding carboxylic acids is 1. The van der Waals surface area contributed by atoms with Crippen LogP contribution >= 0.6 is 0 Å². The van der Waals surface area contributed by atoms with Crippen molar-refractivity contribution in [2.24, 2.45) is 0 Å². The molecule has 0 radical (unpaired) electrons. The monoisotopic (exact) mass is 407 g/mol. The van der Waals surface area contributed by atoms with E-state index >= 15 is 0 Å². The van der Waals surface area contributed by atoms with Gasteiger partial charge < -0.3 is 9.88 Å². The molecular formula is C22H19F2N5O. The molecule has 4 rings (SSSR count). The van der Waals surface area contributed by atoms with Crippen LogP contribution in [0.1, 0.15) is 23.5 Å². The van der Waals surface area contributed by atoms with Gasteiger partial charge in [-0.05, 0) is 42.0 Å². The molecule has 0 spiro atoms. The van der Waals surface area contributed by atoms with E-state index in [0.717, 1.165) is 17.8 Å². The predicted octanol–water partition coefficient (Wildman–Crippen LogP) is 3.40. The van der Waals surface area contributed by atoms with Gasteiger partial charge in [-0.15, -0.1) is 0 Å². The Balaban J connectivity index is 1.49. The highest BCUT2D eigenvalue weighted by Gasteiger charge is 2.14. The van der Waals surface area contributed by atoms with E-state index in [2.05, 4.69) is 20.3 Å². The molecule has 0 saturated carbocycles. The van der Waals surface area contributed by atoms with E-state index in [9.17, 15) is 13.6 Å². The molecule has 3 heterocycles. The van der Waals surface area contributed by atoms with Crippen LogP contribution in [-0.2, 0) is 24.3 Å². The number of pyridine rings is 2. The zero-order chi connectivity index (χ0) is 20.9. The molecule has 0 aliphatic heterocycles. The average molecular weight is 407 g/mol. The number of aromatic nitrogens is 4. The molecule has 6 nitrogen and oxygen atoms in total. The zero-order valence-electron chi connectivity index (χ0n) is 16.1. The number of imidazole rings is 1. The van der Waals surface area contributed by atoms with E-state index in [-0.39, 0.29) is 18.9 Å². The fourth-order valence-corrected chi connectivity index (χ4v) is 3.19. The Bertz CT molecular complexity index is 1180. The van der Waals surface area contributed by atoms with Crippen LogP contribution in [0.5, 0.6) is 0 Å². The number of carbonyl (C=O) groups is 1. The van der Waals surface area contributed by atoms with Gasteiger partial charge in [-0.2, -0.15) is 0 Å². The Hall–Kier alpha value is -3.68. The molecule has 3 aromatic heterocycles. The third kappa shape index (κ3) is 4.48. The van der Waals surface area contributed by atoms with E-state index in [4.69, 9.17) is 0 Å². The van der Waals surface area contributed by atoms with Gasteiger partial charge in [-0.25, -0.2) is 18.7 Å². The van der Waals surface area contributed by atoms with Gasteiger partial charge in [0.05, 0.1) is 18.8 Å². The van der Waals surface area contributed by atoms with Crippen molar-refractivity contribution in [2.45, 2.75) is 25.9 Å². The molecule has 0 aliphatic rings. The lowest BCUT2D eigenvalue weighted by molar-refractivity contribution is -0.121. The van der Waals surface area contributed by atoms with Crippen LogP contribution in [0.15, 0.2) is 60.9 Å². The molecule has 30 heavy (non-hydrogen) atoms. The molecule has 1 N–H and O–H groups in total. The highest BCUT2D eigenvalue weighted by Crippen LogP contribution is 2.18. The fraction of sp³-hybridized carbons (Fsp3) is 0.182. The molecule has 0 unspecified atom stereocenters. The summed E-state index contributed by atoms with van der Waals surface area (Å²) in [6, 6.07) is 12.9. The number of fused-ring (bicyclic) bond motifs is 1. The molecule has 152 valence electrons. The second-order valence-corrected chi connectivity index (χ2v) is 6.81. The Kier molecular flexibility index (Phi) is 5.74. The van der Waals surface area contributed by atoms with E-state index in [1.807, 2.05) is 28.8 Å².